The van der Waals surface area contributed by atoms with Crippen molar-refractivity contribution in [2.75, 3.05) is 19.8 Å². The first-order valence-electron chi connectivity index (χ1n) is 10.0. The van der Waals surface area contributed by atoms with E-state index in [1.165, 1.54) is 0 Å². The molecule has 11 heteroatoms. The van der Waals surface area contributed by atoms with Crippen LogP contribution >= 0.6 is 11.6 Å². The molecule has 1 aromatic rings. The Morgan fingerprint density at radius 1 is 1.23 bits per heavy atom. The molecular weight excluding hydrogens is 443 g/mol. The number of rotatable bonds is 9. The lowest BCUT2D eigenvalue weighted by Crippen LogP contribution is -2.48. The predicted molar refractivity (Wildman–Crippen MR) is 104 cm³/mol. The van der Waals surface area contributed by atoms with Crippen molar-refractivity contribution in [3.8, 4) is 5.75 Å². The highest BCUT2D eigenvalue weighted by Gasteiger charge is 2.41. The molecule has 2 aliphatic rings. The number of benzene rings is 1. The van der Waals surface area contributed by atoms with Crippen LogP contribution in [0.1, 0.15) is 25.7 Å². The SMILES string of the molecule is O=C(COc1ccc(Cl)cc1)N[C@H]1CC[C@H]([C@@H](O)COC2CC(OC(F)(F)F)C2)OC1. The van der Waals surface area contributed by atoms with Gasteiger partial charge in [-0.1, -0.05) is 11.6 Å². The number of ether oxygens (including phenoxy) is 4. The molecule has 0 aromatic heterocycles. The lowest BCUT2D eigenvalue weighted by molar-refractivity contribution is -0.357. The molecule has 0 radical (unpaired) electrons. The maximum absolute atomic E-state index is 12.1. The Hall–Kier alpha value is -1.59. The highest BCUT2D eigenvalue weighted by atomic mass is 35.5. The number of carbonyl (C=O) groups excluding carboxylic acids is 1. The van der Waals surface area contributed by atoms with Gasteiger partial charge in [-0.2, -0.15) is 0 Å². The molecule has 174 valence electrons. The van der Waals surface area contributed by atoms with Crippen LogP contribution in [0.3, 0.4) is 0 Å². The normalized spacial score (nSPS) is 27.3. The van der Waals surface area contributed by atoms with Crippen LogP contribution in [-0.2, 0) is 19.0 Å². The second kappa shape index (κ2) is 10.8. The summed E-state index contributed by atoms with van der Waals surface area (Å²) in [7, 11) is 0. The van der Waals surface area contributed by atoms with E-state index in [1.54, 1.807) is 24.3 Å². The largest absolute Gasteiger partial charge is 0.522 e. The van der Waals surface area contributed by atoms with Gasteiger partial charge in [0.05, 0.1) is 37.6 Å². The molecule has 1 saturated heterocycles. The second-order valence-corrected chi connectivity index (χ2v) is 8.07. The molecule has 1 heterocycles. The lowest BCUT2D eigenvalue weighted by Gasteiger charge is -2.37. The van der Waals surface area contributed by atoms with Gasteiger partial charge in [0.15, 0.2) is 6.61 Å². The second-order valence-electron chi connectivity index (χ2n) is 7.64. The van der Waals surface area contributed by atoms with Gasteiger partial charge < -0.3 is 24.6 Å². The Morgan fingerprint density at radius 2 is 1.94 bits per heavy atom. The van der Waals surface area contributed by atoms with E-state index in [0.29, 0.717) is 23.6 Å². The molecule has 1 aliphatic heterocycles. The van der Waals surface area contributed by atoms with Gasteiger partial charge in [-0.25, -0.2) is 0 Å². The molecule has 2 N–H and O–H groups in total. The van der Waals surface area contributed by atoms with Gasteiger partial charge in [0.1, 0.15) is 11.9 Å². The third-order valence-corrected chi connectivity index (χ3v) is 5.40. The summed E-state index contributed by atoms with van der Waals surface area (Å²) in [6.07, 6.45) is -5.84. The Bertz CT molecular complexity index is 706. The zero-order chi connectivity index (χ0) is 22.4. The van der Waals surface area contributed by atoms with Crippen molar-refractivity contribution < 1.29 is 42.0 Å². The molecule has 3 rings (SSSR count). The average molecular weight is 468 g/mol. The molecule has 0 bridgehead atoms. The van der Waals surface area contributed by atoms with E-state index in [1.807, 2.05) is 0 Å². The summed E-state index contributed by atoms with van der Waals surface area (Å²) in [6, 6.07) is 6.47. The molecule has 1 amide bonds. The third kappa shape index (κ3) is 8.12. The van der Waals surface area contributed by atoms with Gasteiger partial charge in [0.2, 0.25) is 0 Å². The monoisotopic (exact) mass is 467 g/mol. The van der Waals surface area contributed by atoms with Crippen LogP contribution < -0.4 is 10.1 Å². The molecule has 3 atom stereocenters. The summed E-state index contributed by atoms with van der Waals surface area (Å²) in [6.45, 7) is 0.0673. The number of hydrogen-bond acceptors (Lipinski definition) is 6. The van der Waals surface area contributed by atoms with Crippen molar-refractivity contribution in [2.45, 2.75) is 62.5 Å². The van der Waals surface area contributed by atoms with Gasteiger partial charge in [-0.15, -0.1) is 13.2 Å². The van der Waals surface area contributed by atoms with E-state index < -0.39 is 24.7 Å². The minimum Gasteiger partial charge on any atom is -0.484 e. The van der Waals surface area contributed by atoms with Crippen LogP contribution in [0.15, 0.2) is 24.3 Å². The van der Waals surface area contributed by atoms with E-state index in [4.69, 9.17) is 25.8 Å². The van der Waals surface area contributed by atoms with Crippen LogP contribution in [0.4, 0.5) is 13.2 Å². The van der Waals surface area contributed by atoms with Crippen LogP contribution in [0.5, 0.6) is 5.75 Å². The van der Waals surface area contributed by atoms with Crippen molar-refractivity contribution in [3.63, 3.8) is 0 Å². The summed E-state index contributed by atoms with van der Waals surface area (Å²) in [4.78, 5) is 12.0. The fourth-order valence-electron chi connectivity index (χ4n) is 3.42. The number of aliphatic hydroxyl groups excluding tert-OH is 1. The topological polar surface area (TPSA) is 86.3 Å². The van der Waals surface area contributed by atoms with E-state index in [-0.39, 0.29) is 50.7 Å². The number of halogens is 4. The van der Waals surface area contributed by atoms with Crippen molar-refractivity contribution in [2.24, 2.45) is 0 Å². The fourth-order valence-corrected chi connectivity index (χ4v) is 3.54. The summed E-state index contributed by atoms with van der Waals surface area (Å²) >= 11 is 5.79. The lowest BCUT2D eigenvalue weighted by atomic mass is 9.92. The number of nitrogens with one attached hydrogen (secondary N) is 1. The number of amides is 1. The zero-order valence-corrected chi connectivity index (χ0v) is 17.4. The summed E-state index contributed by atoms with van der Waals surface area (Å²) in [5.74, 6) is 0.247. The van der Waals surface area contributed by atoms with Crippen LogP contribution in [0.25, 0.3) is 0 Å². The highest BCUT2D eigenvalue weighted by Crippen LogP contribution is 2.32. The van der Waals surface area contributed by atoms with E-state index in [2.05, 4.69) is 10.1 Å². The van der Waals surface area contributed by atoms with Gasteiger partial charge in [-0.3, -0.25) is 9.53 Å². The van der Waals surface area contributed by atoms with E-state index in [0.717, 1.165) is 0 Å². The Balaban J connectivity index is 1.27. The van der Waals surface area contributed by atoms with E-state index in [9.17, 15) is 23.1 Å². The van der Waals surface area contributed by atoms with Crippen LogP contribution in [0, 0.1) is 0 Å². The van der Waals surface area contributed by atoms with Gasteiger partial charge in [0.25, 0.3) is 5.91 Å². The molecule has 1 saturated carbocycles. The van der Waals surface area contributed by atoms with Crippen LogP contribution in [-0.4, -0.2) is 67.7 Å². The van der Waals surface area contributed by atoms with Crippen molar-refractivity contribution >= 4 is 17.5 Å². The van der Waals surface area contributed by atoms with Crippen molar-refractivity contribution in [3.05, 3.63) is 29.3 Å². The number of aliphatic hydroxyl groups is 1. The first kappa shape index (κ1) is 24.1. The Morgan fingerprint density at radius 3 is 2.55 bits per heavy atom. The number of hydrogen-bond donors (Lipinski definition) is 2. The maximum atomic E-state index is 12.1. The molecule has 1 aromatic carbocycles. The average Bonchev–Trinajstić information content (AvgIpc) is 2.68. The minimum absolute atomic E-state index is 0.0277. The molecule has 0 spiro atoms. The molecule has 7 nitrogen and oxygen atoms in total. The Labute approximate surface area is 182 Å². The summed E-state index contributed by atoms with van der Waals surface area (Å²) in [5.41, 5.74) is 0. The summed E-state index contributed by atoms with van der Waals surface area (Å²) < 4.78 is 56.7. The standard InChI is InChI=1S/C20H25ClF3NO6/c21-12-1-4-14(5-2-12)29-11-19(27)25-13-3-6-18(30-9-13)17(26)10-28-15-7-16(8-15)31-20(22,23)24/h1-2,4-5,13,15-18,26H,3,6-11H2,(H,25,27)/t13-,15?,16?,17-,18+/m0/s1. The fraction of sp³-hybridized carbons (Fsp3) is 0.650. The first-order chi connectivity index (χ1) is 14.7. The van der Waals surface area contributed by atoms with Gasteiger partial charge in [0, 0.05) is 17.9 Å². The van der Waals surface area contributed by atoms with Gasteiger partial charge >= 0.3 is 6.36 Å². The minimum atomic E-state index is -4.64. The molecule has 0 unspecified atom stereocenters. The Kier molecular flexibility index (Phi) is 8.40. The maximum Gasteiger partial charge on any atom is 0.522 e. The van der Waals surface area contributed by atoms with Gasteiger partial charge in [-0.05, 0) is 37.1 Å². The third-order valence-electron chi connectivity index (χ3n) is 5.14. The zero-order valence-electron chi connectivity index (χ0n) is 16.6. The molecule has 2 fully saturated rings. The number of alkyl halides is 3. The highest BCUT2D eigenvalue weighted by molar-refractivity contribution is 6.30. The molecular formula is C20H25ClF3NO6. The first-order valence-corrected chi connectivity index (χ1v) is 10.4. The molecule has 1 aliphatic carbocycles. The quantitative estimate of drug-likeness (QED) is 0.581. The van der Waals surface area contributed by atoms with Crippen molar-refractivity contribution in [1.29, 1.82) is 0 Å². The van der Waals surface area contributed by atoms with Crippen molar-refractivity contribution in [1.82, 2.24) is 5.32 Å². The number of carbonyl (C=O) groups is 1. The smallest absolute Gasteiger partial charge is 0.484 e. The predicted octanol–water partition coefficient (Wildman–Crippen LogP) is 2.83. The summed E-state index contributed by atoms with van der Waals surface area (Å²) in [5, 5.41) is 13.6. The molecule has 31 heavy (non-hydrogen) atoms. The van der Waals surface area contributed by atoms with E-state index >= 15 is 0 Å². The van der Waals surface area contributed by atoms with Crippen LogP contribution in [0.2, 0.25) is 5.02 Å².